The largest absolute Gasteiger partial charge is 0.491 e. The van der Waals surface area contributed by atoms with Crippen LogP contribution in [0.3, 0.4) is 0 Å². The van der Waals surface area contributed by atoms with Crippen LogP contribution in [-0.2, 0) is 4.74 Å². The fraction of sp³-hybridized carbons (Fsp3) is 0.500. The number of fused-ring (bicyclic) bond motifs is 1. The summed E-state index contributed by atoms with van der Waals surface area (Å²) in [7, 11) is 0. The molecule has 0 N–H and O–H groups in total. The molecule has 3 rings (SSSR count). The number of benzene rings is 1. The summed E-state index contributed by atoms with van der Waals surface area (Å²) in [4.78, 5) is 14.5. The lowest BCUT2D eigenvalue weighted by Gasteiger charge is -2.32. The number of para-hydroxylation sites is 1. The van der Waals surface area contributed by atoms with Crippen LogP contribution in [0.1, 0.15) is 16.8 Å². The molecule has 4 nitrogen and oxygen atoms in total. The van der Waals surface area contributed by atoms with E-state index in [2.05, 4.69) is 4.90 Å². The van der Waals surface area contributed by atoms with Gasteiger partial charge in [-0.1, -0.05) is 12.1 Å². The van der Waals surface area contributed by atoms with Crippen LogP contribution in [0.25, 0.3) is 0 Å². The molecule has 0 aliphatic carbocycles. The molecule has 1 fully saturated rings. The molecule has 2 heterocycles. The van der Waals surface area contributed by atoms with Gasteiger partial charge in [-0.3, -0.25) is 9.69 Å². The Morgan fingerprint density at radius 3 is 2.78 bits per heavy atom. The van der Waals surface area contributed by atoms with E-state index in [1.54, 1.807) is 0 Å². The Morgan fingerprint density at radius 2 is 1.94 bits per heavy atom. The molecule has 96 valence electrons. The molecule has 1 saturated heterocycles. The molecule has 0 saturated carbocycles. The van der Waals surface area contributed by atoms with E-state index in [9.17, 15) is 4.79 Å². The molecule has 0 spiro atoms. The summed E-state index contributed by atoms with van der Waals surface area (Å²) < 4.78 is 11.1. The standard InChI is InChI=1S/C14H17NO3/c16-13-9-11(15-5-7-17-8-6-15)10-18-14-4-2-1-3-12(13)14/h1-4,11H,5-10H2. The van der Waals surface area contributed by atoms with E-state index in [4.69, 9.17) is 9.47 Å². The second-order valence-corrected chi connectivity index (χ2v) is 4.74. The van der Waals surface area contributed by atoms with Crippen LogP contribution in [0.4, 0.5) is 0 Å². The molecule has 0 bridgehead atoms. The summed E-state index contributed by atoms with van der Waals surface area (Å²) in [6, 6.07) is 7.68. The lowest BCUT2D eigenvalue weighted by Crippen LogP contribution is -2.46. The molecular weight excluding hydrogens is 230 g/mol. The number of morpholine rings is 1. The molecular formula is C14H17NO3. The number of hydrogen-bond donors (Lipinski definition) is 0. The van der Waals surface area contributed by atoms with Gasteiger partial charge in [0.1, 0.15) is 12.4 Å². The van der Waals surface area contributed by atoms with Gasteiger partial charge in [-0.05, 0) is 12.1 Å². The van der Waals surface area contributed by atoms with Gasteiger partial charge in [0.15, 0.2) is 5.78 Å². The van der Waals surface area contributed by atoms with E-state index >= 15 is 0 Å². The minimum absolute atomic E-state index is 0.175. The summed E-state index contributed by atoms with van der Waals surface area (Å²) in [6.07, 6.45) is 0.539. The summed E-state index contributed by atoms with van der Waals surface area (Å²) in [6.45, 7) is 3.85. The Balaban J connectivity index is 1.77. The van der Waals surface area contributed by atoms with E-state index in [-0.39, 0.29) is 11.8 Å². The fourth-order valence-electron chi connectivity index (χ4n) is 2.57. The molecule has 1 aromatic carbocycles. The van der Waals surface area contributed by atoms with Crippen molar-refractivity contribution in [1.29, 1.82) is 0 Å². The first-order chi connectivity index (χ1) is 8.84. The predicted octanol–water partition coefficient (Wildman–Crippen LogP) is 1.35. The van der Waals surface area contributed by atoms with Crippen molar-refractivity contribution in [3.63, 3.8) is 0 Å². The van der Waals surface area contributed by atoms with Gasteiger partial charge in [-0.25, -0.2) is 0 Å². The van der Waals surface area contributed by atoms with Gasteiger partial charge in [-0.15, -0.1) is 0 Å². The highest BCUT2D eigenvalue weighted by Gasteiger charge is 2.28. The molecule has 0 amide bonds. The number of rotatable bonds is 1. The highest BCUT2D eigenvalue weighted by molar-refractivity contribution is 5.99. The highest BCUT2D eigenvalue weighted by atomic mass is 16.5. The first kappa shape index (κ1) is 11.7. The van der Waals surface area contributed by atoms with Crippen LogP contribution in [0.5, 0.6) is 5.75 Å². The molecule has 2 aliphatic heterocycles. The van der Waals surface area contributed by atoms with Crippen molar-refractivity contribution >= 4 is 5.78 Å². The van der Waals surface area contributed by atoms with E-state index in [1.165, 1.54) is 0 Å². The Morgan fingerprint density at radius 1 is 1.17 bits per heavy atom. The van der Waals surface area contributed by atoms with E-state index < -0.39 is 0 Å². The first-order valence-electron chi connectivity index (χ1n) is 6.41. The van der Waals surface area contributed by atoms with Crippen molar-refractivity contribution < 1.29 is 14.3 Å². The summed E-state index contributed by atoms with van der Waals surface area (Å²) in [5.41, 5.74) is 0.716. The molecule has 0 aromatic heterocycles. The van der Waals surface area contributed by atoms with Crippen molar-refractivity contribution in [1.82, 2.24) is 4.90 Å². The Kier molecular flexibility index (Phi) is 3.30. The third-order valence-electron chi connectivity index (χ3n) is 3.60. The zero-order valence-electron chi connectivity index (χ0n) is 10.3. The first-order valence-corrected chi connectivity index (χ1v) is 6.41. The third-order valence-corrected chi connectivity index (χ3v) is 3.60. The molecule has 2 aliphatic rings. The van der Waals surface area contributed by atoms with Crippen LogP contribution in [0, 0.1) is 0 Å². The molecule has 1 atom stereocenters. The highest BCUT2D eigenvalue weighted by Crippen LogP contribution is 2.25. The topological polar surface area (TPSA) is 38.8 Å². The Hall–Kier alpha value is -1.39. The minimum atomic E-state index is 0.175. The number of ether oxygens (including phenoxy) is 2. The Labute approximate surface area is 106 Å². The maximum atomic E-state index is 12.2. The second-order valence-electron chi connectivity index (χ2n) is 4.74. The summed E-state index contributed by atoms with van der Waals surface area (Å²) >= 11 is 0. The molecule has 1 aromatic rings. The van der Waals surface area contributed by atoms with Gasteiger partial charge < -0.3 is 9.47 Å². The van der Waals surface area contributed by atoms with Crippen LogP contribution in [0.15, 0.2) is 24.3 Å². The molecule has 1 unspecified atom stereocenters. The monoisotopic (exact) mass is 247 g/mol. The van der Waals surface area contributed by atoms with Crippen LogP contribution >= 0.6 is 0 Å². The lowest BCUT2D eigenvalue weighted by atomic mass is 10.0. The fourth-order valence-corrected chi connectivity index (χ4v) is 2.57. The SMILES string of the molecule is O=C1CC(N2CCOCC2)COc2ccccc21. The lowest BCUT2D eigenvalue weighted by molar-refractivity contribution is 0.00613. The van der Waals surface area contributed by atoms with E-state index in [0.717, 1.165) is 32.1 Å². The number of Topliss-reactive ketones (excluding diaryl/α,β-unsaturated/α-hetero) is 1. The van der Waals surface area contributed by atoms with Gasteiger partial charge in [0.05, 0.1) is 24.8 Å². The second kappa shape index (κ2) is 5.08. The number of carbonyl (C=O) groups excluding carboxylic acids is 1. The average Bonchev–Trinajstić information content (AvgIpc) is 2.60. The van der Waals surface area contributed by atoms with Crippen LogP contribution < -0.4 is 4.74 Å². The zero-order chi connectivity index (χ0) is 12.4. The molecule has 4 heteroatoms. The van der Waals surface area contributed by atoms with Crippen molar-refractivity contribution in [3.8, 4) is 5.75 Å². The van der Waals surface area contributed by atoms with E-state index in [1.807, 2.05) is 24.3 Å². The normalized spacial score (nSPS) is 25.1. The number of ketones is 1. The van der Waals surface area contributed by atoms with Gasteiger partial charge in [0.25, 0.3) is 0 Å². The number of carbonyl (C=O) groups is 1. The molecule has 18 heavy (non-hydrogen) atoms. The average molecular weight is 247 g/mol. The third kappa shape index (κ3) is 2.26. The van der Waals surface area contributed by atoms with Crippen molar-refractivity contribution in [2.75, 3.05) is 32.9 Å². The van der Waals surface area contributed by atoms with Crippen molar-refractivity contribution in [2.45, 2.75) is 12.5 Å². The smallest absolute Gasteiger partial charge is 0.168 e. The quantitative estimate of drug-likeness (QED) is 0.751. The van der Waals surface area contributed by atoms with Gasteiger partial charge in [-0.2, -0.15) is 0 Å². The maximum absolute atomic E-state index is 12.2. The van der Waals surface area contributed by atoms with Crippen LogP contribution in [0.2, 0.25) is 0 Å². The molecule has 0 radical (unpaired) electrons. The maximum Gasteiger partial charge on any atom is 0.168 e. The summed E-state index contributed by atoms with van der Waals surface area (Å²) in [5, 5.41) is 0. The van der Waals surface area contributed by atoms with Crippen LogP contribution in [-0.4, -0.2) is 49.6 Å². The van der Waals surface area contributed by atoms with Crippen molar-refractivity contribution in [3.05, 3.63) is 29.8 Å². The summed E-state index contributed by atoms with van der Waals surface area (Å²) in [5.74, 6) is 0.901. The number of nitrogens with zero attached hydrogens (tertiary/aromatic N) is 1. The zero-order valence-corrected chi connectivity index (χ0v) is 10.3. The van der Waals surface area contributed by atoms with E-state index in [0.29, 0.717) is 18.6 Å². The van der Waals surface area contributed by atoms with Gasteiger partial charge in [0, 0.05) is 19.5 Å². The Bertz CT molecular complexity index is 440. The minimum Gasteiger partial charge on any atom is -0.491 e. The predicted molar refractivity (Wildman–Crippen MR) is 67.1 cm³/mol. The number of hydrogen-bond acceptors (Lipinski definition) is 4. The van der Waals surface area contributed by atoms with Gasteiger partial charge >= 0.3 is 0 Å². The van der Waals surface area contributed by atoms with Gasteiger partial charge in [0.2, 0.25) is 0 Å². The van der Waals surface area contributed by atoms with Crippen molar-refractivity contribution in [2.24, 2.45) is 0 Å².